The Morgan fingerprint density at radius 3 is 2.38 bits per heavy atom. The van der Waals surface area contributed by atoms with E-state index in [0.717, 1.165) is 0 Å². The molecule has 0 aliphatic carbocycles. The third-order valence-corrected chi connectivity index (χ3v) is 1.16. The average Bonchev–Trinajstić information content (AvgIpc) is 1.98. The number of aliphatic hydroxyl groups is 1. The van der Waals surface area contributed by atoms with Crippen LogP contribution in [0, 0.1) is 0 Å². The molecule has 46 valence electrons. The highest BCUT2D eigenvalue weighted by Gasteiger charge is 2.12. The third kappa shape index (κ3) is 0.586. The van der Waals surface area contributed by atoms with Crippen molar-refractivity contribution in [1.29, 1.82) is 0 Å². The van der Waals surface area contributed by atoms with Gasteiger partial charge >= 0.3 is 0 Å². The topological polar surface area (TPSA) is 38.7 Å². The molecule has 1 aliphatic heterocycles. The molecule has 4 nitrogen and oxygen atoms in total. The summed E-state index contributed by atoms with van der Waals surface area (Å²) in [6, 6.07) is 0. The van der Waals surface area contributed by atoms with Crippen LogP contribution in [0.15, 0.2) is 12.1 Å². The van der Waals surface area contributed by atoms with Gasteiger partial charge in [0.1, 0.15) is 0 Å². The maximum Gasteiger partial charge on any atom is 0.220 e. The maximum absolute atomic E-state index is 8.85. The summed E-state index contributed by atoms with van der Waals surface area (Å²) in [4.78, 5) is 0. The van der Waals surface area contributed by atoms with Crippen molar-refractivity contribution in [2.75, 3.05) is 14.1 Å². The predicted molar refractivity (Wildman–Crippen MR) is 29.4 cm³/mol. The first-order chi connectivity index (χ1) is 3.72. The zero-order valence-corrected chi connectivity index (χ0v) is 4.92. The summed E-state index contributed by atoms with van der Waals surface area (Å²) >= 11 is 0. The molecular weight excluding hydrogens is 106 g/mol. The number of aliphatic hydroxyl groups excluding tert-OH is 1. The number of nitrogens with zero attached hydrogens (tertiary/aromatic N) is 2. The van der Waals surface area contributed by atoms with Crippen LogP contribution in [0.5, 0.6) is 0 Å². The van der Waals surface area contributed by atoms with E-state index in [1.807, 2.05) is 0 Å². The minimum Gasteiger partial charge on any atom is -0.493 e. The second kappa shape index (κ2) is 1.56. The van der Waals surface area contributed by atoms with Crippen LogP contribution in [-0.2, 0) is 0 Å². The van der Waals surface area contributed by atoms with E-state index in [9.17, 15) is 0 Å². The van der Waals surface area contributed by atoms with Crippen LogP contribution in [0.1, 0.15) is 0 Å². The van der Waals surface area contributed by atoms with Crippen LogP contribution in [0.2, 0.25) is 0 Å². The first-order valence-corrected chi connectivity index (χ1v) is 2.34. The fraction of sp³-hybridized carbons (Fsp3) is 0.500. The molecule has 0 radical (unpaired) electrons. The monoisotopic (exact) mass is 115 g/mol. The molecule has 2 N–H and O–H groups in total. The Morgan fingerprint density at radius 1 is 1.62 bits per heavy atom. The van der Waals surface area contributed by atoms with Gasteiger partial charge in [0, 0.05) is 14.1 Å². The van der Waals surface area contributed by atoms with Crippen molar-refractivity contribution >= 4 is 0 Å². The minimum absolute atomic E-state index is 0.229. The molecule has 0 atom stereocenters. The van der Waals surface area contributed by atoms with Crippen molar-refractivity contribution in [3.05, 3.63) is 12.1 Å². The Hall–Kier alpha value is -0.900. The maximum atomic E-state index is 8.85. The van der Waals surface area contributed by atoms with E-state index in [0.29, 0.717) is 0 Å². The highest BCUT2D eigenvalue weighted by atomic mass is 16.3. The average molecular weight is 115 g/mol. The molecule has 0 unspecified atom stereocenters. The Kier molecular flexibility index (Phi) is 1.02. The van der Waals surface area contributed by atoms with E-state index in [-0.39, 0.29) is 5.88 Å². The lowest BCUT2D eigenvalue weighted by molar-refractivity contribution is 0.0170. The Balaban J connectivity index is 2.59. The Labute approximate surface area is 47.9 Å². The first kappa shape index (κ1) is 5.24. The van der Waals surface area contributed by atoms with Gasteiger partial charge in [-0.2, -0.15) is 0 Å². The van der Waals surface area contributed by atoms with Crippen molar-refractivity contribution in [2.24, 2.45) is 0 Å². The van der Waals surface area contributed by atoms with Gasteiger partial charge in [0.15, 0.2) is 0 Å². The zero-order valence-electron chi connectivity index (χ0n) is 4.92. The fourth-order valence-electron chi connectivity index (χ4n) is 0.485. The second-order valence-electron chi connectivity index (χ2n) is 1.68. The molecule has 0 aromatic carbocycles. The van der Waals surface area contributed by atoms with E-state index >= 15 is 0 Å². The van der Waals surface area contributed by atoms with Crippen molar-refractivity contribution in [3.63, 3.8) is 0 Å². The van der Waals surface area contributed by atoms with Gasteiger partial charge < -0.3 is 10.5 Å². The minimum atomic E-state index is 0.229. The lowest BCUT2D eigenvalue weighted by Crippen LogP contribution is -2.36. The van der Waals surface area contributed by atoms with E-state index < -0.39 is 0 Å². The first-order valence-electron chi connectivity index (χ1n) is 2.34. The summed E-state index contributed by atoms with van der Waals surface area (Å²) < 4.78 is 0. The van der Waals surface area contributed by atoms with Gasteiger partial charge in [-0.25, -0.2) is 0 Å². The van der Waals surface area contributed by atoms with Crippen molar-refractivity contribution in [2.45, 2.75) is 0 Å². The van der Waals surface area contributed by atoms with Crippen molar-refractivity contribution < 1.29 is 5.11 Å². The summed E-state index contributed by atoms with van der Waals surface area (Å²) in [5.41, 5.74) is 2.77. The predicted octanol–water partition coefficient (Wildman–Crippen LogP) is -0.360. The van der Waals surface area contributed by atoms with Gasteiger partial charge in [-0.3, -0.25) is 5.01 Å². The Morgan fingerprint density at radius 2 is 2.25 bits per heavy atom. The largest absolute Gasteiger partial charge is 0.493 e. The van der Waals surface area contributed by atoms with Crippen molar-refractivity contribution in [3.8, 4) is 0 Å². The molecule has 0 fully saturated rings. The summed E-state index contributed by atoms with van der Waals surface area (Å²) in [5, 5.41) is 12.1. The molecule has 1 rings (SSSR count). The number of hydrazine groups is 2. The van der Waals surface area contributed by atoms with Crippen LogP contribution >= 0.6 is 0 Å². The van der Waals surface area contributed by atoms with Crippen LogP contribution < -0.4 is 5.43 Å². The number of rotatable bonds is 0. The number of hydrogen-bond acceptors (Lipinski definition) is 4. The standard InChI is InChI=1S/C4H9N3O/c1-6-4(8)3-5-7(6)2/h3,5,8H,1-2H3. The number of hydrogen-bond donors (Lipinski definition) is 2. The van der Waals surface area contributed by atoms with Crippen LogP contribution in [0.25, 0.3) is 0 Å². The smallest absolute Gasteiger partial charge is 0.220 e. The van der Waals surface area contributed by atoms with Gasteiger partial charge in [0.25, 0.3) is 0 Å². The fourth-order valence-corrected chi connectivity index (χ4v) is 0.485. The molecule has 8 heavy (non-hydrogen) atoms. The molecular formula is C4H9N3O. The van der Waals surface area contributed by atoms with E-state index in [1.165, 1.54) is 6.20 Å². The molecule has 0 saturated carbocycles. The number of nitrogens with one attached hydrogen (secondary N) is 1. The van der Waals surface area contributed by atoms with Gasteiger partial charge in [0.2, 0.25) is 5.88 Å². The normalized spacial score (nSPS) is 20.8. The quantitative estimate of drug-likeness (QED) is 0.452. The van der Waals surface area contributed by atoms with Gasteiger partial charge in [-0.15, -0.1) is 5.12 Å². The van der Waals surface area contributed by atoms with Crippen LogP contribution in [0.3, 0.4) is 0 Å². The van der Waals surface area contributed by atoms with E-state index in [2.05, 4.69) is 5.43 Å². The molecule has 0 bridgehead atoms. The molecule has 4 heteroatoms. The van der Waals surface area contributed by atoms with Gasteiger partial charge in [0.05, 0.1) is 6.20 Å². The van der Waals surface area contributed by atoms with Crippen molar-refractivity contribution in [1.82, 2.24) is 15.6 Å². The zero-order chi connectivity index (χ0) is 6.15. The van der Waals surface area contributed by atoms with E-state index in [1.54, 1.807) is 24.2 Å². The summed E-state index contributed by atoms with van der Waals surface area (Å²) in [6.45, 7) is 0. The SMILES string of the molecule is CN1NC=C(O)N1C. The molecule has 0 aromatic rings. The summed E-state index contributed by atoms with van der Waals surface area (Å²) in [5.74, 6) is 0.229. The second-order valence-corrected chi connectivity index (χ2v) is 1.68. The molecule has 1 heterocycles. The molecule has 0 saturated heterocycles. The van der Waals surface area contributed by atoms with Crippen LogP contribution in [-0.4, -0.2) is 29.3 Å². The summed E-state index contributed by atoms with van der Waals surface area (Å²) in [6.07, 6.45) is 1.51. The summed E-state index contributed by atoms with van der Waals surface area (Å²) in [7, 11) is 3.56. The van der Waals surface area contributed by atoms with Gasteiger partial charge in [-0.1, -0.05) is 0 Å². The third-order valence-electron chi connectivity index (χ3n) is 1.16. The van der Waals surface area contributed by atoms with Crippen LogP contribution in [0.4, 0.5) is 0 Å². The molecule has 0 aromatic heterocycles. The highest BCUT2D eigenvalue weighted by molar-refractivity contribution is 4.89. The molecule has 0 spiro atoms. The molecule has 1 aliphatic rings. The lowest BCUT2D eigenvalue weighted by Gasteiger charge is -2.19. The van der Waals surface area contributed by atoms with E-state index in [4.69, 9.17) is 5.11 Å². The van der Waals surface area contributed by atoms with Gasteiger partial charge in [-0.05, 0) is 0 Å². The highest BCUT2D eigenvalue weighted by Crippen LogP contribution is 2.02. The Bertz CT molecular complexity index is 122. The molecule has 0 amide bonds. The lowest BCUT2D eigenvalue weighted by atomic mass is 10.8.